The highest BCUT2D eigenvalue weighted by molar-refractivity contribution is 6.30. The number of anilines is 2. The highest BCUT2D eigenvalue weighted by Crippen LogP contribution is 2.23. The van der Waals surface area contributed by atoms with Crippen LogP contribution in [0.25, 0.3) is 0 Å². The van der Waals surface area contributed by atoms with Crippen LogP contribution in [0, 0.1) is 6.92 Å². The summed E-state index contributed by atoms with van der Waals surface area (Å²) in [5, 5.41) is 3.76. The van der Waals surface area contributed by atoms with E-state index in [1.54, 1.807) is 0 Å². The van der Waals surface area contributed by atoms with Crippen molar-refractivity contribution < 1.29 is 0 Å². The Hall–Kier alpha value is -1.61. The standard InChI is InChI=1S/C13H14ClN3/c1-3-11-16-12(14)9(2)13(17-11)15-10-7-5-4-6-8-10/h4-8H,3H2,1-2H3,(H,15,16,17). The van der Waals surface area contributed by atoms with Crippen molar-refractivity contribution in [1.82, 2.24) is 9.97 Å². The first-order valence-corrected chi connectivity index (χ1v) is 5.93. The molecule has 0 aliphatic heterocycles. The average molecular weight is 248 g/mol. The summed E-state index contributed by atoms with van der Waals surface area (Å²) in [5.41, 5.74) is 1.86. The van der Waals surface area contributed by atoms with Crippen LogP contribution in [0.4, 0.5) is 11.5 Å². The summed E-state index contributed by atoms with van der Waals surface area (Å²) in [7, 11) is 0. The molecule has 0 atom stereocenters. The first kappa shape index (κ1) is 11.9. The van der Waals surface area contributed by atoms with E-state index in [0.29, 0.717) is 5.15 Å². The predicted octanol–water partition coefficient (Wildman–Crippen LogP) is 3.74. The quantitative estimate of drug-likeness (QED) is 0.840. The Kier molecular flexibility index (Phi) is 3.59. The maximum Gasteiger partial charge on any atom is 0.138 e. The van der Waals surface area contributed by atoms with Crippen molar-refractivity contribution in [2.45, 2.75) is 20.3 Å². The molecule has 1 aromatic heterocycles. The number of rotatable bonds is 3. The number of aromatic nitrogens is 2. The fraction of sp³-hybridized carbons (Fsp3) is 0.231. The van der Waals surface area contributed by atoms with Gasteiger partial charge in [-0.1, -0.05) is 36.7 Å². The summed E-state index contributed by atoms with van der Waals surface area (Å²) in [4.78, 5) is 8.65. The molecule has 0 fully saturated rings. The number of nitrogens with one attached hydrogen (secondary N) is 1. The summed E-state index contributed by atoms with van der Waals surface area (Å²) < 4.78 is 0. The number of benzene rings is 1. The molecule has 0 radical (unpaired) electrons. The summed E-state index contributed by atoms with van der Waals surface area (Å²) in [5.74, 6) is 1.52. The van der Waals surface area contributed by atoms with Gasteiger partial charge in [-0.15, -0.1) is 0 Å². The molecule has 0 saturated heterocycles. The van der Waals surface area contributed by atoms with Crippen LogP contribution in [0.2, 0.25) is 5.15 Å². The molecule has 0 bridgehead atoms. The summed E-state index contributed by atoms with van der Waals surface area (Å²) in [6.45, 7) is 3.92. The van der Waals surface area contributed by atoms with Gasteiger partial charge in [0.2, 0.25) is 0 Å². The van der Waals surface area contributed by atoms with Crippen LogP contribution in [0.1, 0.15) is 18.3 Å². The normalized spacial score (nSPS) is 10.3. The first-order chi connectivity index (χ1) is 8.20. The van der Waals surface area contributed by atoms with Crippen LogP contribution in [0.5, 0.6) is 0 Å². The molecule has 0 aliphatic rings. The van der Waals surface area contributed by atoms with E-state index in [1.165, 1.54) is 0 Å². The van der Waals surface area contributed by atoms with E-state index in [9.17, 15) is 0 Å². The Morgan fingerprint density at radius 1 is 1.18 bits per heavy atom. The monoisotopic (exact) mass is 247 g/mol. The number of halogens is 1. The molecular formula is C13H14ClN3. The Bertz CT molecular complexity index is 512. The van der Waals surface area contributed by atoms with Gasteiger partial charge < -0.3 is 5.32 Å². The van der Waals surface area contributed by atoms with Crippen LogP contribution >= 0.6 is 11.6 Å². The largest absolute Gasteiger partial charge is 0.340 e. The van der Waals surface area contributed by atoms with Crippen LogP contribution in [0.3, 0.4) is 0 Å². The van der Waals surface area contributed by atoms with E-state index in [-0.39, 0.29) is 0 Å². The van der Waals surface area contributed by atoms with Crippen molar-refractivity contribution in [3.8, 4) is 0 Å². The fourth-order valence-corrected chi connectivity index (χ4v) is 1.66. The van der Waals surface area contributed by atoms with Crippen molar-refractivity contribution in [1.29, 1.82) is 0 Å². The smallest absolute Gasteiger partial charge is 0.138 e. The first-order valence-electron chi connectivity index (χ1n) is 5.55. The summed E-state index contributed by atoms with van der Waals surface area (Å²) in [6.07, 6.45) is 0.767. The number of aryl methyl sites for hydroxylation is 1. The van der Waals surface area contributed by atoms with Gasteiger partial charge >= 0.3 is 0 Å². The lowest BCUT2D eigenvalue weighted by Gasteiger charge is -2.10. The van der Waals surface area contributed by atoms with Gasteiger partial charge in [0.25, 0.3) is 0 Å². The highest BCUT2D eigenvalue weighted by atomic mass is 35.5. The van der Waals surface area contributed by atoms with E-state index >= 15 is 0 Å². The molecule has 3 nitrogen and oxygen atoms in total. The molecular weight excluding hydrogens is 234 g/mol. The molecule has 0 saturated carbocycles. The third kappa shape index (κ3) is 2.74. The van der Waals surface area contributed by atoms with Gasteiger partial charge in [-0.2, -0.15) is 0 Å². The van der Waals surface area contributed by atoms with Gasteiger partial charge in [-0.3, -0.25) is 0 Å². The minimum Gasteiger partial charge on any atom is -0.340 e. The molecule has 4 heteroatoms. The van der Waals surface area contributed by atoms with Gasteiger partial charge in [-0.05, 0) is 19.1 Å². The van der Waals surface area contributed by atoms with Gasteiger partial charge in [0.05, 0.1) is 0 Å². The number of hydrogen-bond donors (Lipinski definition) is 1. The minimum absolute atomic E-state index is 0.510. The van der Waals surface area contributed by atoms with Crippen molar-refractivity contribution in [2.24, 2.45) is 0 Å². The lowest BCUT2D eigenvalue weighted by atomic mass is 10.3. The molecule has 1 N–H and O–H groups in total. The molecule has 0 aliphatic carbocycles. The summed E-state index contributed by atoms with van der Waals surface area (Å²) >= 11 is 6.07. The third-order valence-electron chi connectivity index (χ3n) is 2.49. The maximum absolute atomic E-state index is 6.07. The molecule has 0 amide bonds. The van der Waals surface area contributed by atoms with Gasteiger partial charge in [0.1, 0.15) is 16.8 Å². The van der Waals surface area contributed by atoms with E-state index in [1.807, 2.05) is 44.2 Å². The van der Waals surface area contributed by atoms with E-state index in [0.717, 1.165) is 29.3 Å². The van der Waals surface area contributed by atoms with E-state index < -0.39 is 0 Å². The second-order valence-corrected chi connectivity index (χ2v) is 4.11. The molecule has 17 heavy (non-hydrogen) atoms. The Morgan fingerprint density at radius 3 is 2.53 bits per heavy atom. The van der Waals surface area contributed by atoms with Gasteiger partial charge in [0.15, 0.2) is 0 Å². The fourth-order valence-electron chi connectivity index (χ4n) is 1.47. The molecule has 1 heterocycles. The minimum atomic E-state index is 0.510. The van der Waals surface area contributed by atoms with Crippen LogP contribution in [-0.4, -0.2) is 9.97 Å². The van der Waals surface area contributed by atoms with Gasteiger partial charge in [-0.25, -0.2) is 9.97 Å². The predicted molar refractivity (Wildman–Crippen MR) is 70.9 cm³/mol. The second kappa shape index (κ2) is 5.15. The highest BCUT2D eigenvalue weighted by Gasteiger charge is 2.08. The Balaban J connectivity index is 2.35. The number of para-hydroxylation sites is 1. The van der Waals surface area contributed by atoms with Crippen LogP contribution < -0.4 is 5.32 Å². The second-order valence-electron chi connectivity index (χ2n) is 3.75. The Labute approximate surface area is 106 Å². The maximum atomic E-state index is 6.07. The average Bonchev–Trinajstić information content (AvgIpc) is 2.36. The van der Waals surface area contributed by atoms with Crippen molar-refractivity contribution in [2.75, 3.05) is 5.32 Å². The van der Waals surface area contributed by atoms with Gasteiger partial charge in [0, 0.05) is 17.7 Å². The Morgan fingerprint density at radius 2 is 1.88 bits per heavy atom. The zero-order valence-electron chi connectivity index (χ0n) is 9.87. The number of nitrogens with zero attached hydrogens (tertiary/aromatic N) is 2. The zero-order valence-corrected chi connectivity index (χ0v) is 10.6. The van der Waals surface area contributed by atoms with Crippen LogP contribution in [-0.2, 0) is 6.42 Å². The van der Waals surface area contributed by atoms with Crippen molar-refractivity contribution >= 4 is 23.1 Å². The lowest BCUT2D eigenvalue weighted by Crippen LogP contribution is -2.02. The molecule has 0 spiro atoms. The molecule has 88 valence electrons. The third-order valence-corrected chi connectivity index (χ3v) is 2.85. The van der Waals surface area contributed by atoms with E-state index in [2.05, 4.69) is 15.3 Å². The SMILES string of the molecule is CCc1nc(Cl)c(C)c(Nc2ccccc2)n1. The van der Waals surface area contributed by atoms with Crippen molar-refractivity contribution in [3.63, 3.8) is 0 Å². The molecule has 0 unspecified atom stereocenters. The topological polar surface area (TPSA) is 37.8 Å². The molecule has 2 rings (SSSR count). The van der Waals surface area contributed by atoms with E-state index in [4.69, 9.17) is 11.6 Å². The lowest BCUT2D eigenvalue weighted by molar-refractivity contribution is 0.934. The number of hydrogen-bond acceptors (Lipinski definition) is 3. The molecule has 1 aromatic carbocycles. The zero-order chi connectivity index (χ0) is 12.3. The summed E-state index contributed by atoms with van der Waals surface area (Å²) in [6, 6.07) is 9.90. The molecule has 2 aromatic rings. The van der Waals surface area contributed by atoms with Crippen LogP contribution in [0.15, 0.2) is 30.3 Å². The van der Waals surface area contributed by atoms with Crippen molar-refractivity contribution in [3.05, 3.63) is 46.9 Å².